The number of nitrogens with one attached hydrogen (secondary N) is 1. The van der Waals surface area contributed by atoms with Gasteiger partial charge < -0.3 is 10.4 Å². The summed E-state index contributed by atoms with van der Waals surface area (Å²) in [7, 11) is 0. The van der Waals surface area contributed by atoms with Crippen LogP contribution in [0.5, 0.6) is 0 Å². The van der Waals surface area contributed by atoms with E-state index in [1.807, 2.05) is 13.8 Å². The normalized spacial score (nSPS) is 31.7. The van der Waals surface area contributed by atoms with Gasteiger partial charge in [0.25, 0.3) is 0 Å². The summed E-state index contributed by atoms with van der Waals surface area (Å²) in [6.45, 7) is 6.52. The molecule has 17 heavy (non-hydrogen) atoms. The van der Waals surface area contributed by atoms with Gasteiger partial charge in [0.05, 0.1) is 11.8 Å². The number of aliphatic carboxylic acids is 1. The fraction of sp³-hybridized carbons (Fsp3) is 0.846. The molecule has 2 rings (SSSR count). The lowest BCUT2D eigenvalue weighted by Crippen LogP contribution is -2.31. The van der Waals surface area contributed by atoms with Gasteiger partial charge in [0.2, 0.25) is 5.91 Å². The van der Waals surface area contributed by atoms with Gasteiger partial charge in [-0.1, -0.05) is 20.8 Å². The number of carboxylic acid groups (broad SMARTS) is 1. The van der Waals surface area contributed by atoms with Crippen LogP contribution in [0.1, 0.15) is 33.6 Å². The van der Waals surface area contributed by atoms with E-state index in [9.17, 15) is 9.59 Å². The third kappa shape index (κ3) is 2.31. The predicted octanol–water partition coefficient (Wildman–Crippen LogP) is 1.51. The Hall–Kier alpha value is -1.06. The summed E-state index contributed by atoms with van der Waals surface area (Å²) < 4.78 is 0. The Morgan fingerprint density at radius 3 is 2.35 bits per heavy atom. The summed E-state index contributed by atoms with van der Waals surface area (Å²) in [5, 5.41) is 11.9. The van der Waals surface area contributed by atoms with Crippen LogP contribution in [0.25, 0.3) is 0 Å². The van der Waals surface area contributed by atoms with Crippen molar-refractivity contribution in [2.45, 2.75) is 33.6 Å². The lowest BCUT2D eigenvalue weighted by Gasteiger charge is -2.11. The zero-order valence-electron chi connectivity index (χ0n) is 10.7. The maximum Gasteiger partial charge on any atom is 0.307 e. The molecule has 2 saturated carbocycles. The first-order chi connectivity index (χ1) is 7.85. The van der Waals surface area contributed by atoms with E-state index in [0.29, 0.717) is 12.5 Å². The van der Waals surface area contributed by atoms with Crippen LogP contribution in [0.4, 0.5) is 0 Å². The highest BCUT2D eigenvalue weighted by Gasteiger charge is 2.65. The monoisotopic (exact) mass is 239 g/mol. The number of hydrogen-bond donors (Lipinski definition) is 2. The highest BCUT2D eigenvalue weighted by molar-refractivity contribution is 5.91. The van der Waals surface area contributed by atoms with Crippen molar-refractivity contribution in [2.24, 2.45) is 29.1 Å². The van der Waals surface area contributed by atoms with Gasteiger partial charge in [-0.3, -0.25) is 9.59 Å². The molecule has 2 aliphatic rings. The maximum atomic E-state index is 11.9. The molecule has 0 aromatic heterocycles. The van der Waals surface area contributed by atoms with Crippen LogP contribution in [0.2, 0.25) is 0 Å². The molecule has 2 fully saturated rings. The lowest BCUT2D eigenvalue weighted by molar-refractivity contribution is -0.140. The maximum absolute atomic E-state index is 11.9. The molecule has 0 aliphatic heterocycles. The zero-order chi connectivity index (χ0) is 12.8. The Balaban J connectivity index is 1.82. The quantitative estimate of drug-likeness (QED) is 0.764. The van der Waals surface area contributed by atoms with Crippen LogP contribution in [-0.4, -0.2) is 23.5 Å². The molecule has 0 saturated heterocycles. The molecule has 4 heteroatoms. The molecule has 0 spiro atoms. The number of carbonyl (C=O) groups is 2. The molecule has 2 aliphatic carbocycles. The van der Waals surface area contributed by atoms with Crippen molar-refractivity contribution in [1.29, 1.82) is 0 Å². The lowest BCUT2D eigenvalue weighted by atomic mass is 10.1. The fourth-order valence-electron chi connectivity index (χ4n) is 2.79. The van der Waals surface area contributed by atoms with Crippen molar-refractivity contribution < 1.29 is 14.7 Å². The molecule has 0 aromatic rings. The van der Waals surface area contributed by atoms with Crippen LogP contribution in [0, 0.1) is 29.1 Å². The number of hydrogen-bond acceptors (Lipinski definition) is 2. The third-order valence-electron chi connectivity index (χ3n) is 4.40. The van der Waals surface area contributed by atoms with E-state index in [0.717, 1.165) is 5.92 Å². The summed E-state index contributed by atoms with van der Waals surface area (Å²) in [5.41, 5.74) is -0.390. The molecule has 3 atom stereocenters. The fourth-order valence-corrected chi connectivity index (χ4v) is 2.79. The van der Waals surface area contributed by atoms with Crippen molar-refractivity contribution >= 4 is 11.9 Å². The minimum absolute atomic E-state index is 0.0881. The van der Waals surface area contributed by atoms with Crippen LogP contribution < -0.4 is 5.32 Å². The summed E-state index contributed by atoms with van der Waals surface area (Å²) in [4.78, 5) is 22.9. The second kappa shape index (κ2) is 4.00. The largest absolute Gasteiger partial charge is 0.481 e. The van der Waals surface area contributed by atoms with Gasteiger partial charge in [-0.15, -0.1) is 0 Å². The summed E-state index contributed by atoms with van der Waals surface area (Å²) >= 11 is 0. The molecule has 0 radical (unpaired) electrons. The van der Waals surface area contributed by atoms with E-state index in [1.165, 1.54) is 12.8 Å². The van der Waals surface area contributed by atoms with E-state index in [2.05, 4.69) is 12.2 Å². The van der Waals surface area contributed by atoms with E-state index in [-0.39, 0.29) is 11.8 Å². The average molecular weight is 239 g/mol. The molecule has 4 nitrogen and oxygen atoms in total. The Bertz CT molecular complexity index is 347. The number of amides is 1. The molecular weight excluding hydrogens is 218 g/mol. The Labute approximate surface area is 102 Å². The smallest absolute Gasteiger partial charge is 0.307 e. The van der Waals surface area contributed by atoms with Gasteiger partial charge in [0.15, 0.2) is 0 Å². The summed E-state index contributed by atoms with van der Waals surface area (Å²) in [6.07, 6.45) is 2.54. The Morgan fingerprint density at radius 1 is 1.35 bits per heavy atom. The van der Waals surface area contributed by atoms with E-state index < -0.39 is 17.3 Å². The standard InChI is InChI=1S/C13H21NO3/c1-7(8-4-5-8)6-14-11(15)9-10(12(16)17)13(9,2)3/h7-10H,4-6H2,1-3H3,(H,14,15)(H,16,17). The highest BCUT2D eigenvalue weighted by atomic mass is 16.4. The second-order valence-electron chi connectivity index (χ2n) is 6.17. The van der Waals surface area contributed by atoms with Crippen LogP contribution >= 0.6 is 0 Å². The van der Waals surface area contributed by atoms with Crippen LogP contribution in [0.3, 0.4) is 0 Å². The first-order valence-corrected chi connectivity index (χ1v) is 6.36. The number of carbonyl (C=O) groups excluding carboxylic acids is 1. The zero-order valence-corrected chi connectivity index (χ0v) is 10.7. The van der Waals surface area contributed by atoms with E-state index >= 15 is 0 Å². The molecule has 1 amide bonds. The van der Waals surface area contributed by atoms with Gasteiger partial charge in [-0.2, -0.15) is 0 Å². The summed E-state index contributed by atoms with van der Waals surface area (Å²) in [6, 6.07) is 0. The van der Waals surface area contributed by atoms with Crippen molar-refractivity contribution in [3.05, 3.63) is 0 Å². The number of carboxylic acids is 1. The van der Waals surface area contributed by atoms with Gasteiger partial charge in [0.1, 0.15) is 0 Å². The first-order valence-electron chi connectivity index (χ1n) is 6.36. The first kappa shape index (κ1) is 12.4. The third-order valence-corrected chi connectivity index (χ3v) is 4.40. The molecule has 96 valence electrons. The highest BCUT2D eigenvalue weighted by Crippen LogP contribution is 2.58. The molecule has 0 heterocycles. The molecule has 3 unspecified atom stereocenters. The van der Waals surface area contributed by atoms with Gasteiger partial charge in [-0.25, -0.2) is 0 Å². The van der Waals surface area contributed by atoms with Crippen molar-refractivity contribution in [3.8, 4) is 0 Å². The predicted molar refractivity (Wildman–Crippen MR) is 63.3 cm³/mol. The second-order valence-corrected chi connectivity index (χ2v) is 6.17. The Morgan fingerprint density at radius 2 is 1.94 bits per heavy atom. The SMILES string of the molecule is CC(CNC(=O)C1C(C(=O)O)C1(C)C)C1CC1. The molecule has 0 aromatic carbocycles. The molecule has 2 N–H and O–H groups in total. The van der Waals surface area contributed by atoms with Gasteiger partial charge in [0, 0.05) is 6.54 Å². The topological polar surface area (TPSA) is 66.4 Å². The van der Waals surface area contributed by atoms with E-state index in [4.69, 9.17) is 5.11 Å². The average Bonchev–Trinajstić information content (AvgIpc) is 3.08. The van der Waals surface area contributed by atoms with Gasteiger partial charge >= 0.3 is 5.97 Å². The van der Waals surface area contributed by atoms with Crippen molar-refractivity contribution in [3.63, 3.8) is 0 Å². The minimum Gasteiger partial charge on any atom is -0.481 e. The van der Waals surface area contributed by atoms with Crippen LogP contribution in [-0.2, 0) is 9.59 Å². The van der Waals surface area contributed by atoms with Crippen molar-refractivity contribution in [1.82, 2.24) is 5.32 Å². The molecular formula is C13H21NO3. The van der Waals surface area contributed by atoms with E-state index in [1.54, 1.807) is 0 Å². The Kier molecular flexibility index (Phi) is 2.92. The summed E-state index contributed by atoms with van der Waals surface area (Å²) in [5.74, 6) is -0.535. The molecule has 0 bridgehead atoms. The van der Waals surface area contributed by atoms with Crippen molar-refractivity contribution in [2.75, 3.05) is 6.54 Å². The van der Waals surface area contributed by atoms with Crippen LogP contribution in [0.15, 0.2) is 0 Å². The minimum atomic E-state index is -0.856. The van der Waals surface area contributed by atoms with Gasteiger partial charge in [-0.05, 0) is 30.1 Å². The number of rotatable bonds is 5.